The van der Waals surface area contributed by atoms with Crippen LogP contribution < -0.4 is 4.90 Å². The summed E-state index contributed by atoms with van der Waals surface area (Å²) in [6.45, 7) is 5.48. The molecule has 1 amide bonds. The summed E-state index contributed by atoms with van der Waals surface area (Å²) < 4.78 is 2.25. The number of amides is 1. The van der Waals surface area contributed by atoms with E-state index in [0.717, 1.165) is 38.7 Å². The molecule has 1 aromatic heterocycles. The third-order valence-corrected chi connectivity index (χ3v) is 6.32. The van der Waals surface area contributed by atoms with Crippen LogP contribution in [0.25, 0.3) is 11.0 Å². The van der Waals surface area contributed by atoms with Gasteiger partial charge in [-0.25, -0.2) is 4.98 Å². The van der Waals surface area contributed by atoms with Crippen LogP contribution in [0.1, 0.15) is 34.9 Å². The third kappa shape index (κ3) is 3.72. The predicted octanol–water partition coefficient (Wildman–Crippen LogP) is 5.88. The molecule has 0 spiro atoms. The van der Waals surface area contributed by atoms with E-state index in [-0.39, 0.29) is 11.8 Å². The van der Waals surface area contributed by atoms with E-state index < -0.39 is 0 Å². The topological polar surface area (TPSA) is 38.1 Å². The first kappa shape index (κ1) is 19.8. The molecule has 5 heteroatoms. The highest BCUT2D eigenvalue weighted by Gasteiger charge is 2.35. The number of imidazole rings is 1. The minimum atomic E-state index is 0.0490. The summed E-state index contributed by atoms with van der Waals surface area (Å²) in [4.78, 5) is 19.9. The second-order valence-corrected chi connectivity index (χ2v) is 8.80. The summed E-state index contributed by atoms with van der Waals surface area (Å²) >= 11 is 6.07. The van der Waals surface area contributed by atoms with Gasteiger partial charge in [0.05, 0.1) is 11.0 Å². The summed E-state index contributed by atoms with van der Waals surface area (Å²) in [6, 6.07) is 22.3. The number of benzene rings is 3. The maximum atomic E-state index is 13.0. The lowest BCUT2D eigenvalue weighted by molar-refractivity contribution is -0.117. The molecule has 1 atom stereocenters. The number of fused-ring (bicyclic) bond motifs is 1. The monoisotopic (exact) mass is 429 g/mol. The number of aryl methyl sites for hydroxylation is 2. The SMILES string of the molecule is Cc1ccc(N2C[C@@H](c3nc4ccccc4n3Cc3ccc(Cl)cc3)CC2=O)c(C)c1. The van der Waals surface area contributed by atoms with Gasteiger partial charge in [0.15, 0.2) is 0 Å². The van der Waals surface area contributed by atoms with Crippen molar-refractivity contribution in [1.29, 1.82) is 0 Å². The Morgan fingerprint density at radius 1 is 1.03 bits per heavy atom. The lowest BCUT2D eigenvalue weighted by atomic mass is 10.1. The predicted molar refractivity (Wildman–Crippen MR) is 126 cm³/mol. The molecule has 0 saturated carbocycles. The van der Waals surface area contributed by atoms with Crippen LogP contribution in [0.3, 0.4) is 0 Å². The van der Waals surface area contributed by atoms with E-state index in [9.17, 15) is 4.79 Å². The molecule has 4 nitrogen and oxygen atoms in total. The van der Waals surface area contributed by atoms with Gasteiger partial charge in [-0.05, 0) is 55.3 Å². The van der Waals surface area contributed by atoms with Crippen molar-refractivity contribution in [2.45, 2.75) is 32.7 Å². The van der Waals surface area contributed by atoms with Gasteiger partial charge in [0.1, 0.15) is 5.82 Å². The van der Waals surface area contributed by atoms with Crippen LogP contribution in [-0.2, 0) is 11.3 Å². The van der Waals surface area contributed by atoms with E-state index >= 15 is 0 Å². The molecule has 1 fully saturated rings. The molecule has 4 aromatic rings. The second-order valence-electron chi connectivity index (χ2n) is 8.37. The van der Waals surface area contributed by atoms with Crippen LogP contribution >= 0.6 is 11.6 Å². The van der Waals surface area contributed by atoms with Gasteiger partial charge in [0.2, 0.25) is 5.91 Å². The Balaban J connectivity index is 1.52. The van der Waals surface area contributed by atoms with Crippen molar-refractivity contribution >= 4 is 34.2 Å². The molecule has 31 heavy (non-hydrogen) atoms. The number of halogens is 1. The number of carbonyl (C=O) groups is 1. The van der Waals surface area contributed by atoms with Gasteiger partial charge in [-0.3, -0.25) is 4.79 Å². The smallest absolute Gasteiger partial charge is 0.227 e. The van der Waals surface area contributed by atoms with Crippen LogP contribution in [0.15, 0.2) is 66.7 Å². The first-order valence-corrected chi connectivity index (χ1v) is 10.9. The number of anilines is 1. The van der Waals surface area contributed by atoms with Crippen molar-refractivity contribution in [1.82, 2.24) is 9.55 Å². The normalized spacial score (nSPS) is 16.4. The quantitative estimate of drug-likeness (QED) is 0.406. The zero-order chi connectivity index (χ0) is 21.5. The van der Waals surface area contributed by atoms with Crippen LogP contribution in [0.4, 0.5) is 5.69 Å². The molecular weight excluding hydrogens is 406 g/mol. The first-order valence-electron chi connectivity index (χ1n) is 10.6. The fourth-order valence-electron chi connectivity index (χ4n) is 4.57. The van der Waals surface area contributed by atoms with Gasteiger partial charge in [-0.2, -0.15) is 0 Å². The Labute approximate surface area is 187 Å². The number of para-hydroxylation sites is 2. The Morgan fingerprint density at radius 3 is 2.58 bits per heavy atom. The molecule has 0 aliphatic carbocycles. The van der Waals surface area contributed by atoms with E-state index in [0.29, 0.717) is 19.5 Å². The second kappa shape index (κ2) is 7.86. The summed E-state index contributed by atoms with van der Waals surface area (Å²) in [5.74, 6) is 1.17. The zero-order valence-corrected chi connectivity index (χ0v) is 18.4. The third-order valence-electron chi connectivity index (χ3n) is 6.07. The van der Waals surface area contributed by atoms with Gasteiger partial charge < -0.3 is 9.47 Å². The number of hydrogen-bond acceptors (Lipinski definition) is 2. The van der Waals surface area contributed by atoms with E-state index in [1.807, 2.05) is 47.4 Å². The molecule has 0 radical (unpaired) electrons. The molecular formula is C26H24ClN3O. The Morgan fingerprint density at radius 2 is 1.81 bits per heavy atom. The van der Waals surface area contributed by atoms with E-state index in [2.05, 4.69) is 42.7 Å². The fourth-order valence-corrected chi connectivity index (χ4v) is 4.69. The first-order chi connectivity index (χ1) is 15.0. The van der Waals surface area contributed by atoms with Crippen LogP contribution in [0.5, 0.6) is 0 Å². The molecule has 1 saturated heterocycles. The van der Waals surface area contributed by atoms with Gasteiger partial charge in [0, 0.05) is 36.1 Å². The maximum Gasteiger partial charge on any atom is 0.227 e. The number of nitrogens with zero attached hydrogens (tertiary/aromatic N) is 3. The molecule has 5 rings (SSSR count). The highest BCUT2D eigenvalue weighted by atomic mass is 35.5. The maximum absolute atomic E-state index is 13.0. The molecule has 3 aromatic carbocycles. The molecule has 1 aliphatic heterocycles. The summed E-state index contributed by atoms with van der Waals surface area (Å²) in [7, 11) is 0. The molecule has 1 aliphatic rings. The molecule has 0 bridgehead atoms. The fraction of sp³-hybridized carbons (Fsp3) is 0.231. The van der Waals surface area contributed by atoms with Crippen molar-refractivity contribution < 1.29 is 4.79 Å². The average Bonchev–Trinajstić information content (AvgIpc) is 3.30. The minimum Gasteiger partial charge on any atom is -0.323 e. The van der Waals surface area contributed by atoms with Crippen molar-refractivity contribution in [2.24, 2.45) is 0 Å². The average molecular weight is 430 g/mol. The van der Waals surface area contributed by atoms with Gasteiger partial charge in [-0.15, -0.1) is 0 Å². The largest absolute Gasteiger partial charge is 0.323 e. The van der Waals surface area contributed by atoms with Crippen LogP contribution in [0.2, 0.25) is 5.02 Å². The van der Waals surface area contributed by atoms with E-state index in [4.69, 9.17) is 16.6 Å². The summed E-state index contributed by atoms with van der Waals surface area (Å²) in [6.07, 6.45) is 0.470. The Bertz CT molecular complexity index is 1280. The van der Waals surface area contributed by atoms with Gasteiger partial charge >= 0.3 is 0 Å². The highest BCUT2D eigenvalue weighted by molar-refractivity contribution is 6.30. The molecule has 156 valence electrons. The Kier molecular flexibility index (Phi) is 5.03. The molecule has 0 N–H and O–H groups in total. The minimum absolute atomic E-state index is 0.0490. The molecule has 0 unspecified atom stereocenters. The number of rotatable bonds is 4. The van der Waals surface area contributed by atoms with Crippen molar-refractivity contribution in [3.63, 3.8) is 0 Å². The highest BCUT2D eigenvalue weighted by Crippen LogP contribution is 2.35. The Hall–Kier alpha value is -3.11. The standard InChI is InChI=1S/C26H24ClN3O/c1-17-7-12-23(18(2)13-17)29-16-20(14-25(29)31)26-28-22-5-3-4-6-24(22)30(26)15-19-8-10-21(27)11-9-19/h3-13,20H,14-16H2,1-2H3/t20-/m0/s1. The number of carbonyl (C=O) groups excluding carboxylic acids is 1. The lowest BCUT2D eigenvalue weighted by Gasteiger charge is -2.20. The van der Waals surface area contributed by atoms with Crippen molar-refractivity contribution in [2.75, 3.05) is 11.4 Å². The van der Waals surface area contributed by atoms with Gasteiger partial charge in [-0.1, -0.05) is 53.6 Å². The summed E-state index contributed by atoms with van der Waals surface area (Å²) in [5, 5.41) is 0.727. The number of hydrogen-bond donors (Lipinski definition) is 0. The van der Waals surface area contributed by atoms with Crippen LogP contribution in [0, 0.1) is 13.8 Å². The van der Waals surface area contributed by atoms with Crippen molar-refractivity contribution in [3.8, 4) is 0 Å². The van der Waals surface area contributed by atoms with Crippen molar-refractivity contribution in [3.05, 3.63) is 94.3 Å². The zero-order valence-electron chi connectivity index (χ0n) is 17.7. The van der Waals surface area contributed by atoms with Gasteiger partial charge in [0.25, 0.3) is 0 Å². The lowest BCUT2D eigenvalue weighted by Crippen LogP contribution is -2.25. The molecule has 2 heterocycles. The van der Waals surface area contributed by atoms with Crippen LogP contribution in [-0.4, -0.2) is 22.0 Å². The van der Waals surface area contributed by atoms with E-state index in [1.165, 1.54) is 5.56 Å². The van der Waals surface area contributed by atoms with E-state index in [1.54, 1.807) is 0 Å². The summed E-state index contributed by atoms with van der Waals surface area (Å²) in [5.41, 5.74) is 6.54. The number of aromatic nitrogens is 2.